The standard InChI is InChI=1S/C11H15N3O3/c1-7-6-14(3-4-17-7)11-12-5-9(10(15)16)8(2)13-11/h5,7H,3-4,6H2,1-2H3,(H,15,16). The van der Waals surface area contributed by atoms with Crippen molar-refractivity contribution in [2.24, 2.45) is 0 Å². The van der Waals surface area contributed by atoms with E-state index in [1.54, 1.807) is 6.92 Å². The third-order valence-corrected chi connectivity index (χ3v) is 2.72. The highest BCUT2D eigenvalue weighted by Gasteiger charge is 2.20. The Bertz CT molecular complexity index is 436. The van der Waals surface area contributed by atoms with Crippen LogP contribution in [-0.2, 0) is 4.74 Å². The van der Waals surface area contributed by atoms with Gasteiger partial charge in [0.25, 0.3) is 0 Å². The van der Waals surface area contributed by atoms with Gasteiger partial charge in [0.2, 0.25) is 5.95 Å². The molecule has 1 atom stereocenters. The number of ether oxygens (including phenoxy) is 1. The Morgan fingerprint density at radius 1 is 1.65 bits per heavy atom. The SMILES string of the molecule is Cc1nc(N2CCOC(C)C2)ncc1C(=O)O. The molecule has 1 aliphatic heterocycles. The van der Waals surface area contributed by atoms with Gasteiger partial charge in [-0.05, 0) is 13.8 Å². The largest absolute Gasteiger partial charge is 0.478 e. The summed E-state index contributed by atoms with van der Waals surface area (Å²) in [5, 5.41) is 8.90. The number of anilines is 1. The highest BCUT2D eigenvalue weighted by atomic mass is 16.5. The summed E-state index contributed by atoms with van der Waals surface area (Å²) in [5.74, 6) is -0.424. The number of hydrogen-bond donors (Lipinski definition) is 1. The van der Waals surface area contributed by atoms with E-state index in [1.807, 2.05) is 11.8 Å². The van der Waals surface area contributed by atoms with Gasteiger partial charge >= 0.3 is 5.97 Å². The molecule has 0 aromatic carbocycles. The lowest BCUT2D eigenvalue weighted by Crippen LogP contribution is -2.42. The Balaban J connectivity index is 2.22. The van der Waals surface area contributed by atoms with Crippen molar-refractivity contribution in [1.82, 2.24) is 9.97 Å². The van der Waals surface area contributed by atoms with Crippen molar-refractivity contribution in [3.05, 3.63) is 17.5 Å². The molecule has 1 saturated heterocycles. The molecule has 1 aromatic heterocycles. The average molecular weight is 237 g/mol. The van der Waals surface area contributed by atoms with Crippen molar-refractivity contribution in [2.75, 3.05) is 24.6 Å². The molecule has 17 heavy (non-hydrogen) atoms. The highest BCUT2D eigenvalue weighted by molar-refractivity contribution is 5.88. The topological polar surface area (TPSA) is 75.5 Å². The second-order valence-electron chi connectivity index (χ2n) is 4.10. The van der Waals surface area contributed by atoms with Crippen molar-refractivity contribution in [2.45, 2.75) is 20.0 Å². The van der Waals surface area contributed by atoms with Crippen molar-refractivity contribution in [3.8, 4) is 0 Å². The Kier molecular flexibility index (Phi) is 3.23. The lowest BCUT2D eigenvalue weighted by atomic mass is 10.2. The fourth-order valence-electron chi connectivity index (χ4n) is 1.82. The molecule has 2 rings (SSSR count). The van der Waals surface area contributed by atoms with Crippen LogP contribution in [0.5, 0.6) is 0 Å². The van der Waals surface area contributed by atoms with Gasteiger partial charge in [-0.3, -0.25) is 0 Å². The van der Waals surface area contributed by atoms with Gasteiger partial charge in [-0.2, -0.15) is 0 Å². The normalized spacial score (nSPS) is 20.4. The molecular weight excluding hydrogens is 222 g/mol. The molecule has 0 bridgehead atoms. The minimum Gasteiger partial charge on any atom is -0.478 e. The first-order valence-corrected chi connectivity index (χ1v) is 5.51. The molecule has 0 radical (unpaired) electrons. The van der Waals surface area contributed by atoms with E-state index in [0.29, 0.717) is 18.2 Å². The van der Waals surface area contributed by atoms with Crippen LogP contribution < -0.4 is 4.90 Å². The minimum absolute atomic E-state index is 0.145. The first-order chi connectivity index (χ1) is 8.08. The van der Waals surface area contributed by atoms with E-state index in [2.05, 4.69) is 9.97 Å². The molecule has 1 aromatic rings. The Morgan fingerprint density at radius 3 is 3.00 bits per heavy atom. The van der Waals surface area contributed by atoms with Crippen LogP contribution in [0.15, 0.2) is 6.20 Å². The molecule has 6 heteroatoms. The second-order valence-corrected chi connectivity index (χ2v) is 4.10. The van der Waals surface area contributed by atoms with Gasteiger partial charge in [0.1, 0.15) is 0 Å². The molecule has 0 spiro atoms. The van der Waals surface area contributed by atoms with E-state index < -0.39 is 5.97 Å². The molecular formula is C11H15N3O3. The molecule has 6 nitrogen and oxygen atoms in total. The van der Waals surface area contributed by atoms with Gasteiger partial charge in [0, 0.05) is 19.3 Å². The van der Waals surface area contributed by atoms with Crippen molar-refractivity contribution in [1.29, 1.82) is 0 Å². The van der Waals surface area contributed by atoms with Crippen LogP contribution in [0.4, 0.5) is 5.95 Å². The van der Waals surface area contributed by atoms with E-state index in [9.17, 15) is 4.79 Å². The number of aromatic carboxylic acids is 1. The zero-order chi connectivity index (χ0) is 12.4. The summed E-state index contributed by atoms with van der Waals surface area (Å²) in [6, 6.07) is 0. The second kappa shape index (κ2) is 4.67. The zero-order valence-electron chi connectivity index (χ0n) is 9.88. The summed E-state index contributed by atoms with van der Waals surface area (Å²) in [6.45, 7) is 5.77. The number of morpholine rings is 1. The number of aromatic nitrogens is 2. The highest BCUT2D eigenvalue weighted by Crippen LogP contribution is 2.14. The van der Waals surface area contributed by atoms with Gasteiger partial charge in [0.05, 0.1) is 24.0 Å². The number of hydrogen-bond acceptors (Lipinski definition) is 5. The maximum atomic E-state index is 10.8. The first-order valence-electron chi connectivity index (χ1n) is 5.51. The van der Waals surface area contributed by atoms with Crippen LogP contribution in [0.25, 0.3) is 0 Å². The molecule has 1 unspecified atom stereocenters. The van der Waals surface area contributed by atoms with Gasteiger partial charge in [-0.25, -0.2) is 14.8 Å². The van der Waals surface area contributed by atoms with Crippen molar-refractivity contribution >= 4 is 11.9 Å². The maximum absolute atomic E-state index is 10.8. The smallest absolute Gasteiger partial charge is 0.339 e. The number of carboxylic acid groups (broad SMARTS) is 1. The predicted octanol–water partition coefficient (Wildman–Crippen LogP) is 0.708. The van der Waals surface area contributed by atoms with Crippen LogP contribution in [0, 0.1) is 6.92 Å². The third-order valence-electron chi connectivity index (χ3n) is 2.72. The minimum atomic E-state index is -0.996. The van der Waals surface area contributed by atoms with Gasteiger partial charge < -0.3 is 14.7 Å². The molecule has 0 saturated carbocycles. The van der Waals surface area contributed by atoms with Crippen LogP contribution in [0.1, 0.15) is 23.0 Å². The number of aryl methyl sites for hydroxylation is 1. The van der Waals surface area contributed by atoms with Crippen LogP contribution in [0.2, 0.25) is 0 Å². The quantitative estimate of drug-likeness (QED) is 0.816. The number of carbonyl (C=O) groups is 1. The fraction of sp³-hybridized carbons (Fsp3) is 0.545. The molecule has 2 heterocycles. The number of nitrogens with zero attached hydrogens (tertiary/aromatic N) is 3. The summed E-state index contributed by atoms with van der Waals surface area (Å²) in [4.78, 5) is 21.2. The van der Waals surface area contributed by atoms with Crippen LogP contribution >= 0.6 is 0 Å². The van der Waals surface area contributed by atoms with E-state index in [1.165, 1.54) is 6.20 Å². The molecule has 1 aliphatic rings. The van der Waals surface area contributed by atoms with Gasteiger partial charge in [-0.15, -0.1) is 0 Å². The monoisotopic (exact) mass is 237 g/mol. The molecule has 1 fully saturated rings. The Hall–Kier alpha value is -1.69. The molecule has 0 amide bonds. The average Bonchev–Trinajstić information content (AvgIpc) is 2.28. The van der Waals surface area contributed by atoms with E-state index in [0.717, 1.165) is 13.1 Å². The maximum Gasteiger partial charge on any atom is 0.339 e. The zero-order valence-corrected chi connectivity index (χ0v) is 9.88. The van der Waals surface area contributed by atoms with Gasteiger partial charge in [-0.1, -0.05) is 0 Å². The summed E-state index contributed by atoms with van der Waals surface area (Å²) in [6.07, 6.45) is 1.51. The predicted molar refractivity (Wildman–Crippen MR) is 61.4 cm³/mol. The van der Waals surface area contributed by atoms with Crippen LogP contribution in [0.3, 0.4) is 0 Å². The summed E-state index contributed by atoms with van der Waals surface area (Å²) in [5.41, 5.74) is 0.636. The summed E-state index contributed by atoms with van der Waals surface area (Å²) < 4.78 is 5.43. The van der Waals surface area contributed by atoms with Crippen LogP contribution in [-0.4, -0.2) is 46.8 Å². The van der Waals surface area contributed by atoms with Crippen molar-refractivity contribution < 1.29 is 14.6 Å². The Labute approximate surface area is 99.2 Å². The third kappa shape index (κ3) is 2.52. The Morgan fingerprint density at radius 2 is 2.41 bits per heavy atom. The fourth-order valence-corrected chi connectivity index (χ4v) is 1.82. The molecule has 0 aliphatic carbocycles. The van der Waals surface area contributed by atoms with E-state index in [-0.39, 0.29) is 11.7 Å². The lowest BCUT2D eigenvalue weighted by molar-refractivity contribution is 0.0525. The van der Waals surface area contributed by atoms with Crippen molar-refractivity contribution in [3.63, 3.8) is 0 Å². The molecule has 92 valence electrons. The number of carboxylic acids is 1. The summed E-state index contributed by atoms with van der Waals surface area (Å²) >= 11 is 0. The van der Waals surface area contributed by atoms with Gasteiger partial charge in [0.15, 0.2) is 0 Å². The van der Waals surface area contributed by atoms with E-state index in [4.69, 9.17) is 9.84 Å². The first kappa shape index (κ1) is 11.8. The number of rotatable bonds is 2. The molecule has 1 N–H and O–H groups in total. The lowest BCUT2D eigenvalue weighted by Gasteiger charge is -2.31. The summed E-state index contributed by atoms with van der Waals surface area (Å²) in [7, 11) is 0. The van der Waals surface area contributed by atoms with E-state index >= 15 is 0 Å².